The lowest BCUT2D eigenvalue weighted by Gasteiger charge is -2.14. The van der Waals surface area contributed by atoms with E-state index in [9.17, 15) is 9.90 Å². The van der Waals surface area contributed by atoms with Crippen molar-refractivity contribution in [1.29, 1.82) is 5.41 Å². The molecule has 0 amide bonds. The number of benzene rings is 3. The van der Waals surface area contributed by atoms with Crippen LogP contribution in [0.1, 0.15) is 29.3 Å². The van der Waals surface area contributed by atoms with E-state index in [-0.39, 0.29) is 24.9 Å². The third kappa shape index (κ3) is 4.85. The van der Waals surface area contributed by atoms with E-state index in [0.717, 1.165) is 34.1 Å². The highest BCUT2D eigenvalue weighted by Gasteiger charge is 2.23. The Morgan fingerprint density at radius 1 is 1.22 bits per heavy atom. The first kappa shape index (κ1) is 24.3. The van der Waals surface area contributed by atoms with Crippen molar-refractivity contribution in [2.45, 2.75) is 25.5 Å². The number of carboxylic acids is 1. The number of carboxylic acid groups (broad SMARTS) is 1. The van der Waals surface area contributed by atoms with Crippen LogP contribution < -0.4 is 15.2 Å². The molecule has 1 atom stereocenters. The third-order valence-corrected chi connectivity index (χ3v) is 6.53. The van der Waals surface area contributed by atoms with E-state index in [1.54, 1.807) is 31.4 Å². The highest BCUT2D eigenvalue weighted by molar-refractivity contribution is 6.00. The number of amidine groups is 1. The molecule has 1 aromatic heterocycles. The van der Waals surface area contributed by atoms with Crippen LogP contribution in [0, 0.1) is 5.41 Å². The minimum absolute atomic E-state index is 0.0667. The van der Waals surface area contributed by atoms with Gasteiger partial charge in [0.05, 0.1) is 37.3 Å². The Balaban J connectivity index is 1.57. The van der Waals surface area contributed by atoms with Crippen molar-refractivity contribution >= 4 is 22.7 Å². The summed E-state index contributed by atoms with van der Waals surface area (Å²) in [6.45, 7) is 1.45. The largest absolute Gasteiger partial charge is 0.495 e. The molecule has 1 aliphatic rings. The van der Waals surface area contributed by atoms with E-state index in [4.69, 9.17) is 30.5 Å². The summed E-state index contributed by atoms with van der Waals surface area (Å²) in [5, 5.41) is 23.0. The van der Waals surface area contributed by atoms with E-state index in [1.165, 1.54) is 0 Å². The Morgan fingerprint density at radius 2 is 2.05 bits per heavy atom. The maximum Gasteiger partial charge on any atom is 0.307 e. The summed E-state index contributed by atoms with van der Waals surface area (Å²) in [5.41, 5.74) is 10.3. The van der Waals surface area contributed by atoms with Crippen molar-refractivity contribution in [3.63, 3.8) is 0 Å². The number of rotatable bonds is 9. The van der Waals surface area contributed by atoms with Gasteiger partial charge in [0, 0.05) is 23.1 Å². The fourth-order valence-corrected chi connectivity index (χ4v) is 4.77. The summed E-state index contributed by atoms with van der Waals surface area (Å²) in [6, 6.07) is 18.9. The van der Waals surface area contributed by atoms with Gasteiger partial charge in [-0.15, -0.1) is 0 Å². The molecule has 1 saturated heterocycles. The lowest BCUT2D eigenvalue weighted by molar-refractivity contribution is -0.136. The number of methoxy groups -OCH3 is 1. The summed E-state index contributed by atoms with van der Waals surface area (Å²) in [5.74, 6) is 0.0662. The molecule has 5 rings (SSSR count). The predicted octanol–water partition coefficient (Wildman–Crippen LogP) is 4.16. The zero-order chi connectivity index (χ0) is 25.9. The van der Waals surface area contributed by atoms with Crippen LogP contribution in [-0.4, -0.2) is 47.0 Å². The number of para-hydroxylation sites is 2. The van der Waals surface area contributed by atoms with E-state index in [1.807, 2.05) is 41.1 Å². The molecule has 4 aromatic rings. The second-order valence-corrected chi connectivity index (χ2v) is 8.91. The highest BCUT2D eigenvalue weighted by atomic mass is 16.5. The van der Waals surface area contributed by atoms with E-state index >= 15 is 0 Å². The standard InChI is InChI=1S/C28H28N4O5/c1-35-27-20(6-4-7-21(27)28(29)30)17-9-10-24-22(13-17)23(31-32(24)19-11-12-36-15-19)16-37-25-8-3-2-5-18(25)14-26(33)34/h2-10,13,19H,11-12,14-16H2,1H3,(H3,29,30)(H,33,34). The van der Waals surface area contributed by atoms with Crippen molar-refractivity contribution in [3.8, 4) is 22.6 Å². The van der Waals surface area contributed by atoms with Crippen LogP contribution in [0.2, 0.25) is 0 Å². The number of aromatic nitrogens is 2. The smallest absolute Gasteiger partial charge is 0.307 e. The maximum absolute atomic E-state index is 11.3. The Hall–Kier alpha value is -4.37. The molecular weight excluding hydrogens is 472 g/mol. The highest BCUT2D eigenvalue weighted by Crippen LogP contribution is 2.36. The van der Waals surface area contributed by atoms with Crippen LogP contribution in [-0.2, 0) is 22.6 Å². The van der Waals surface area contributed by atoms with Gasteiger partial charge in [0.1, 0.15) is 29.6 Å². The van der Waals surface area contributed by atoms with E-state index in [0.29, 0.717) is 35.8 Å². The summed E-state index contributed by atoms with van der Waals surface area (Å²) in [4.78, 5) is 11.3. The number of fused-ring (bicyclic) bond motifs is 1. The summed E-state index contributed by atoms with van der Waals surface area (Å²) >= 11 is 0. The first-order valence-corrected chi connectivity index (χ1v) is 12.0. The Bertz CT molecular complexity index is 1470. The molecule has 1 fully saturated rings. The van der Waals surface area contributed by atoms with Crippen LogP contribution in [0.25, 0.3) is 22.0 Å². The van der Waals surface area contributed by atoms with Gasteiger partial charge in [-0.25, -0.2) is 0 Å². The van der Waals surface area contributed by atoms with Crippen molar-refractivity contribution in [1.82, 2.24) is 9.78 Å². The third-order valence-electron chi connectivity index (χ3n) is 6.53. The molecule has 0 aliphatic carbocycles. The molecule has 1 aliphatic heterocycles. The average Bonchev–Trinajstić information content (AvgIpc) is 3.55. The first-order chi connectivity index (χ1) is 18.0. The van der Waals surface area contributed by atoms with E-state index < -0.39 is 5.97 Å². The van der Waals surface area contributed by atoms with Gasteiger partial charge in [0.15, 0.2) is 0 Å². The SMILES string of the molecule is COc1c(C(=N)N)cccc1-c1ccc2c(c1)c(COc1ccccc1CC(=O)O)nn2C1CCOC1. The van der Waals surface area contributed by atoms with Crippen LogP contribution in [0.4, 0.5) is 0 Å². The number of nitrogens with one attached hydrogen (secondary N) is 1. The van der Waals surface area contributed by atoms with Gasteiger partial charge in [-0.2, -0.15) is 5.10 Å². The number of nitrogens with zero attached hydrogens (tertiary/aromatic N) is 2. The molecule has 0 radical (unpaired) electrons. The van der Waals surface area contributed by atoms with E-state index in [2.05, 4.69) is 0 Å². The molecular formula is C28H28N4O5. The lowest BCUT2D eigenvalue weighted by Crippen LogP contribution is -2.12. The quantitative estimate of drug-likeness (QED) is 0.232. The fraction of sp³-hybridized carbons (Fsp3) is 0.250. The normalized spacial score (nSPS) is 15.1. The first-order valence-electron chi connectivity index (χ1n) is 12.0. The van der Waals surface area contributed by atoms with Crippen LogP contribution in [0.5, 0.6) is 11.5 Å². The van der Waals surface area contributed by atoms with Crippen LogP contribution in [0.15, 0.2) is 60.7 Å². The molecule has 37 heavy (non-hydrogen) atoms. The fourth-order valence-electron chi connectivity index (χ4n) is 4.77. The Labute approximate surface area is 213 Å². The molecule has 9 heteroatoms. The van der Waals surface area contributed by atoms with Gasteiger partial charge < -0.3 is 25.1 Å². The van der Waals surface area contributed by atoms with Crippen molar-refractivity contribution in [2.75, 3.05) is 20.3 Å². The topological polar surface area (TPSA) is 133 Å². The Morgan fingerprint density at radius 3 is 2.78 bits per heavy atom. The van der Waals surface area contributed by atoms with Crippen LogP contribution >= 0.6 is 0 Å². The second-order valence-electron chi connectivity index (χ2n) is 8.91. The van der Waals surface area contributed by atoms with Gasteiger partial charge in [-0.3, -0.25) is 14.9 Å². The van der Waals surface area contributed by atoms with Crippen molar-refractivity contribution in [2.24, 2.45) is 5.73 Å². The van der Waals surface area contributed by atoms with Crippen LogP contribution in [0.3, 0.4) is 0 Å². The molecule has 3 aromatic carbocycles. The molecule has 1 unspecified atom stereocenters. The molecule has 0 saturated carbocycles. The number of ether oxygens (including phenoxy) is 3. The van der Waals surface area contributed by atoms with Crippen molar-refractivity contribution < 1.29 is 24.1 Å². The Kier molecular flexibility index (Phi) is 6.78. The zero-order valence-electron chi connectivity index (χ0n) is 20.4. The molecule has 190 valence electrons. The number of hydrogen-bond donors (Lipinski definition) is 3. The second kappa shape index (κ2) is 10.3. The number of nitrogen functional groups attached to an aromatic ring is 1. The average molecular weight is 501 g/mol. The maximum atomic E-state index is 11.3. The zero-order valence-corrected chi connectivity index (χ0v) is 20.4. The number of hydrogen-bond acceptors (Lipinski definition) is 6. The predicted molar refractivity (Wildman–Crippen MR) is 139 cm³/mol. The van der Waals surface area contributed by atoms with Gasteiger partial charge in [-0.05, 0) is 36.2 Å². The van der Waals surface area contributed by atoms with Gasteiger partial charge in [0.25, 0.3) is 0 Å². The number of aliphatic carboxylic acids is 1. The number of nitrogens with two attached hydrogens (primary N) is 1. The minimum atomic E-state index is -0.918. The molecule has 0 bridgehead atoms. The number of carbonyl (C=O) groups is 1. The molecule has 0 spiro atoms. The summed E-state index contributed by atoms with van der Waals surface area (Å²) in [7, 11) is 1.57. The molecule has 2 heterocycles. The molecule has 9 nitrogen and oxygen atoms in total. The minimum Gasteiger partial charge on any atom is -0.495 e. The monoisotopic (exact) mass is 500 g/mol. The summed E-state index contributed by atoms with van der Waals surface area (Å²) in [6.07, 6.45) is 0.746. The van der Waals surface area contributed by atoms with Gasteiger partial charge in [-0.1, -0.05) is 36.4 Å². The summed E-state index contributed by atoms with van der Waals surface area (Å²) < 4.78 is 19.4. The lowest BCUT2D eigenvalue weighted by atomic mass is 9.99. The van der Waals surface area contributed by atoms with Crippen molar-refractivity contribution in [3.05, 3.63) is 77.5 Å². The molecule has 4 N–H and O–H groups in total. The van der Waals surface area contributed by atoms with Gasteiger partial charge in [0.2, 0.25) is 0 Å². The van der Waals surface area contributed by atoms with Gasteiger partial charge >= 0.3 is 5.97 Å².